The molecule has 0 amide bonds. The zero-order valence-electron chi connectivity index (χ0n) is 16.9. The van der Waals surface area contributed by atoms with Crippen LogP contribution in [0.3, 0.4) is 0 Å². The number of nitrogens with zero attached hydrogens (tertiary/aromatic N) is 3. The molecule has 0 radical (unpaired) electrons. The van der Waals surface area contributed by atoms with E-state index in [0.29, 0.717) is 11.6 Å². The lowest BCUT2D eigenvalue weighted by Crippen LogP contribution is -2.54. The fourth-order valence-corrected chi connectivity index (χ4v) is 4.94. The summed E-state index contributed by atoms with van der Waals surface area (Å²) in [7, 11) is 5.98. The van der Waals surface area contributed by atoms with E-state index in [1.54, 1.807) is 13.3 Å². The molecule has 2 aliphatic rings. The molecule has 1 aliphatic carbocycles. The molecule has 2 aromatic rings. The molecule has 1 saturated heterocycles. The Morgan fingerprint density at radius 2 is 1.82 bits per heavy atom. The molecule has 2 N–H and O–H groups in total. The van der Waals surface area contributed by atoms with E-state index >= 15 is 0 Å². The van der Waals surface area contributed by atoms with Crippen LogP contribution in [-0.4, -0.2) is 54.6 Å². The molecule has 1 spiro atoms. The van der Waals surface area contributed by atoms with Gasteiger partial charge in [-0.05, 0) is 57.5 Å². The maximum Gasteiger partial charge on any atom is 0.185 e. The number of pyridine rings is 1. The van der Waals surface area contributed by atoms with Crippen LogP contribution >= 0.6 is 0 Å². The molecule has 0 bridgehead atoms. The van der Waals surface area contributed by atoms with Crippen molar-refractivity contribution >= 4 is 5.82 Å². The Morgan fingerprint density at radius 1 is 1.11 bits per heavy atom. The van der Waals surface area contributed by atoms with E-state index in [-0.39, 0.29) is 11.1 Å². The minimum atomic E-state index is -0.757. The molecular weight excluding hydrogens is 352 g/mol. The van der Waals surface area contributed by atoms with E-state index in [4.69, 9.17) is 4.74 Å². The zero-order valence-corrected chi connectivity index (χ0v) is 16.9. The summed E-state index contributed by atoms with van der Waals surface area (Å²) in [5.74, 6) is 1.37. The predicted molar refractivity (Wildman–Crippen MR) is 110 cm³/mol. The first-order valence-electron chi connectivity index (χ1n) is 9.94. The van der Waals surface area contributed by atoms with Crippen LogP contribution in [0, 0.1) is 0 Å². The van der Waals surface area contributed by atoms with Gasteiger partial charge in [-0.1, -0.05) is 30.3 Å². The van der Waals surface area contributed by atoms with Gasteiger partial charge in [0.2, 0.25) is 0 Å². The summed E-state index contributed by atoms with van der Waals surface area (Å²) in [6.45, 7) is 0.722. The molecule has 1 aromatic heterocycles. The molecule has 2 fully saturated rings. The maximum atomic E-state index is 10.7. The second-order valence-electron chi connectivity index (χ2n) is 8.25. The number of nitrogens with one attached hydrogen (secondary N) is 1. The maximum absolute atomic E-state index is 10.7. The number of anilines is 1. The van der Waals surface area contributed by atoms with E-state index in [1.807, 2.05) is 17.0 Å². The number of hydrogen-bond donors (Lipinski definition) is 2. The van der Waals surface area contributed by atoms with Gasteiger partial charge in [-0.25, -0.2) is 4.98 Å². The van der Waals surface area contributed by atoms with Gasteiger partial charge in [-0.3, -0.25) is 10.2 Å². The highest BCUT2D eigenvalue weighted by molar-refractivity contribution is 5.54. The summed E-state index contributed by atoms with van der Waals surface area (Å²) in [5.41, 5.74) is 1.29. The van der Waals surface area contributed by atoms with Crippen molar-refractivity contribution in [2.45, 2.75) is 43.1 Å². The van der Waals surface area contributed by atoms with Crippen molar-refractivity contribution in [3.63, 3.8) is 0 Å². The molecule has 1 saturated carbocycles. The highest BCUT2D eigenvalue weighted by atomic mass is 16.5. The van der Waals surface area contributed by atoms with Gasteiger partial charge < -0.3 is 14.7 Å². The van der Waals surface area contributed by atoms with Crippen LogP contribution in [0.25, 0.3) is 0 Å². The van der Waals surface area contributed by atoms with Crippen molar-refractivity contribution in [3.05, 3.63) is 54.2 Å². The fraction of sp³-hybridized carbons (Fsp3) is 0.500. The first kappa shape index (κ1) is 19.2. The summed E-state index contributed by atoms with van der Waals surface area (Å²) in [6.07, 6.45) is 5.04. The lowest BCUT2D eigenvalue weighted by Gasteiger charge is -2.49. The third-order valence-corrected chi connectivity index (χ3v) is 6.65. The molecule has 1 aliphatic heterocycles. The Labute approximate surface area is 167 Å². The topological polar surface area (TPSA) is 60.9 Å². The van der Waals surface area contributed by atoms with Gasteiger partial charge in [0.05, 0.1) is 7.11 Å². The van der Waals surface area contributed by atoms with Crippen LogP contribution < -0.4 is 15.0 Å². The molecule has 1 unspecified atom stereocenters. The van der Waals surface area contributed by atoms with E-state index in [2.05, 4.69) is 59.6 Å². The molecule has 1 atom stereocenters. The average molecular weight is 383 g/mol. The Morgan fingerprint density at radius 3 is 2.46 bits per heavy atom. The van der Waals surface area contributed by atoms with E-state index < -0.39 is 6.35 Å². The lowest BCUT2D eigenvalue weighted by atomic mass is 9.69. The van der Waals surface area contributed by atoms with Crippen LogP contribution in [0.15, 0.2) is 48.7 Å². The molecule has 6 heteroatoms. The fourth-order valence-electron chi connectivity index (χ4n) is 4.94. The van der Waals surface area contributed by atoms with Gasteiger partial charge in [0.15, 0.2) is 17.9 Å². The van der Waals surface area contributed by atoms with E-state index in [1.165, 1.54) is 5.56 Å². The predicted octanol–water partition coefficient (Wildman–Crippen LogP) is 2.55. The van der Waals surface area contributed by atoms with Gasteiger partial charge in [-0.2, -0.15) is 0 Å². The highest BCUT2D eigenvalue weighted by Gasteiger charge is 2.50. The second kappa shape index (κ2) is 7.35. The summed E-state index contributed by atoms with van der Waals surface area (Å²) in [4.78, 5) is 8.74. The first-order chi connectivity index (χ1) is 13.5. The third kappa shape index (κ3) is 3.15. The lowest BCUT2D eigenvalue weighted by molar-refractivity contribution is 0.0513. The molecule has 6 nitrogen and oxygen atoms in total. The number of aliphatic hydroxyl groups is 1. The molecule has 28 heavy (non-hydrogen) atoms. The van der Waals surface area contributed by atoms with E-state index in [0.717, 1.165) is 32.2 Å². The van der Waals surface area contributed by atoms with Gasteiger partial charge >= 0.3 is 0 Å². The van der Waals surface area contributed by atoms with Crippen molar-refractivity contribution in [2.24, 2.45) is 0 Å². The van der Waals surface area contributed by atoms with Crippen molar-refractivity contribution in [3.8, 4) is 5.75 Å². The number of methoxy groups -OCH3 is 1. The molecule has 2 heterocycles. The number of hydrogen-bond acceptors (Lipinski definition) is 6. The van der Waals surface area contributed by atoms with E-state index in [9.17, 15) is 5.11 Å². The van der Waals surface area contributed by atoms with Crippen molar-refractivity contribution in [1.82, 2.24) is 15.2 Å². The van der Waals surface area contributed by atoms with Crippen LogP contribution in [0.5, 0.6) is 5.75 Å². The standard InChI is InChI=1S/C22H30N4O2/c1-25(2)22(17-8-5-4-6-9-17)13-11-21(12-14-22)16-26(20(27)24-21)19-18(28-3)10-7-15-23-19/h4-10,15,20,24,27H,11-14,16H2,1-3H3/t20?,21-,22+. The minimum absolute atomic E-state index is 0.0370. The van der Waals surface area contributed by atoms with Crippen molar-refractivity contribution in [2.75, 3.05) is 32.6 Å². The molecule has 4 rings (SSSR count). The highest BCUT2D eigenvalue weighted by Crippen LogP contribution is 2.47. The van der Waals surface area contributed by atoms with Crippen LogP contribution in [0.4, 0.5) is 5.82 Å². The van der Waals surface area contributed by atoms with Gasteiger partial charge in [0, 0.05) is 23.8 Å². The second-order valence-corrected chi connectivity index (χ2v) is 8.25. The van der Waals surface area contributed by atoms with Crippen LogP contribution in [-0.2, 0) is 5.54 Å². The Kier molecular flexibility index (Phi) is 5.04. The van der Waals surface area contributed by atoms with Crippen LogP contribution in [0.2, 0.25) is 0 Å². The quantitative estimate of drug-likeness (QED) is 0.848. The number of aromatic nitrogens is 1. The monoisotopic (exact) mass is 382 g/mol. The normalized spacial score (nSPS) is 30.2. The van der Waals surface area contributed by atoms with Crippen molar-refractivity contribution in [1.29, 1.82) is 0 Å². The van der Waals surface area contributed by atoms with Gasteiger partial charge in [0.25, 0.3) is 0 Å². The molecular formula is C22H30N4O2. The molecule has 1 aromatic carbocycles. The molecule has 150 valence electrons. The summed E-state index contributed by atoms with van der Waals surface area (Å²) >= 11 is 0. The first-order valence-corrected chi connectivity index (χ1v) is 9.94. The summed E-state index contributed by atoms with van der Waals surface area (Å²) in [6, 6.07) is 14.5. The third-order valence-electron chi connectivity index (χ3n) is 6.65. The average Bonchev–Trinajstić information content (AvgIpc) is 3.05. The summed E-state index contributed by atoms with van der Waals surface area (Å²) in [5, 5.41) is 14.2. The SMILES string of the molecule is COc1cccnc1N1C[C@]2(CC[C@](c3ccccc3)(N(C)C)CC2)NC1O. The smallest absolute Gasteiger partial charge is 0.185 e. The number of benzene rings is 1. The Hall–Kier alpha value is -2.15. The Bertz CT molecular complexity index is 803. The zero-order chi connectivity index (χ0) is 19.8. The van der Waals surface area contributed by atoms with Gasteiger partial charge in [0.1, 0.15) is 0 Å². The number of aliphatic hydroxyl groups excluding tert-OH is 1. The van der Waals surface area contributed by atoms with Crippen LogP contribution in [0.1, 0.15) is 31.2 Å². The Balaban J connectivity index is 1.56. The largest absolute Gasteiger partial charge is 0.493 e. The number of ether oxygens (including phenoxy) is 1. The van der Waals surface area contributed by atoms with Gasteiger partial charge in [-0.15, -0.1) is 0 Å². The number of rotatable bonds is 4. The summed E-state index contributed by atoms with van der Waals surface area (Å²) < 4.78 is 5.45. The van der Waals surface area contributed by atoms with Crippen molar-refractivity contribution < 1.29 is 9.84 Å². The minimum Gasteiger partial charge on any atom is -0.493 e.